The third kappa shape index (κ3) is 17.8. The molecule has 1 N–H and O–H groups in total. The SMILES string of the molecule is C=C(C)CNC(=C)CCCc1ccccc1.CC(F)(F)Oc1cccc(F)c1.CCC. The summed E-state index contributed by atoms with van der Waals surface area (Å²) in [6.45, 7) is 15.6. The topological polar surface area (TPSA) is 21.3 Å². The number of rotatable bonds is 9. The molecule has 5 heteroatoms. The Balaban J connectivity index is 0.000000531. The van der Waals surface area contributed by atoms with E-state index in [-0.39, 0.29) is 5.75 Å². The number of allylic oxidation sites excluding steroid dienone is 1. The zero-order valence-electron chi connectivity index (χ0n) is 19.2. The smallest absolute Gasteiger partial charge is 0.394 e. The Bertz CT molecular complexity index is 755. The molecule has 2 aromatic carbocycles. The van der Waals surface area contributed by atoms with Gasteiger partial charge in [-0.15, -0.1) is 0 Å². The molecule has 0 amide bonds. The van der Waals surface area contributed by atoms with Crippen LogP contribution in [0.15, 0.2) is 79.0 Å². The van der Waals surface area contributed by atoms with Gasteiger partial charge in [0, 0.05) is 25.2 Å². The van der Waals surface area contributed by atoms with Crippen LogP contribution < -0.4 is 10.1 Å². The molecule has 0 radical (unpaired) electrons. The van der Waals surface area contributed by atoms with E-state index in [2.05, 4.69) is 67.4 Å². The standard InChI is InChI=1S/C15H21N.C8H7F3O.C3H8/c1-13(2)12-16-14(3)8-7-11-15-9-5-4-6-10-15;1-8(10,11)12-7-4-2-3-6(9)5-7;1-3-2/h4-6,9-10,16H,1,3,7-8,11-12H2,2H3;2-5H,1H3;3H2,1-2H3. The molecule has 0 unspecified atom stereocenters. The van der Waals surface area contributed by atoms with Crippen LogP contribution in [0, 0.1) is 5.82 Å². The summed E-state index contributed by atoms with van der Waals surface area (Å²) in [5.41, 5.74) is 3.65. The highest BCUT2D eigenvalue weighted by atomic mass is 19.3. The van der Waals surface area contributed by atoms with Crippen molar-refractivity contribution in [3.8, 4) is 5.75 Å². The Kier molecular flexibility index (Phi) is 14.7. The first-order chi connectivity index (χ1) is 14.6. The largest absolute Gasteiger partial charge is 0.433 e. The Labute approximate surface area is 185 Å². The summed E-state index contributed by atoms with van der Waals surface area (Å²) in [6.07, 6.45) is 1.27. The number of alkyl halides is 2. The molecule has 0 saturated heterocycles. The lowest BCUT2D eigenvalue weighted by Gasteiger charge is -2.12. The van der Waals surface area contributed by atoms with Gasteiger partial charge in [0.15, 0.2) is 0 Å². The summed E-state index contributed by atoms with van der Waals surface area (Å²) in [5.74, 6) is -0.778. The lowest BCUT2D eigenvalue weighted by Crippen LogP contribution is -2.19. The van der Waals surface area contributed by atoms with Gasteiger partial charge in [-0.1, -0.05) is 75.4 Å². The Morgan fingerprint density at radius 3 is 2.16 bits per heavy atom. The number of hydrogen-bond acceptors (Lipinski definition) is 2. The third-order valence-corrected chi connectivity index (χ3v) is 3.52. The molecule has 0 aliphatic heterocycles. The summed E-state index contributed by atoms with van der Waals surface area (Å²) in [7, 11) is 0. The molecule has 0 aliphatic rings. The fraction of sp³-hybridized carbons (Fsp3) is 0.385. The second-order valence-electron chi connectivity index (χ2n) is 7.33. The third-order valence-electron chi connectivity index (χ3n) is 3.52. The molecule has 2 rings (SSSR count). The van der Waals surface area contributed by atoms with Crippen molar-refractivity contribution < 1.29 is 17.9 Å². The molecule has 0 atom stereocenters. The Morgan fingerprint density at radius 1 is 1.03 bits per heavy atom. The molecule has 0 bridgehead atoms. The highest BCUT2D eigenvalue weighted by Gasteiger charge is 2.23. The molecule has 0 saturated carbocycles. The predicted molar refractivity (Wildman–Crippen MR) is 125 cm³/mol. The number of ether oxygens (including phenoxy) is 1. The van der Waals surface area contributed by atoms with Crippen LogP contribution in [-0.2, 0) is 6.42 Å². The summed E-state index contributed by atoms with van der Waals surface area (Å²) < 4.78 is 40.9. The first-order valence-electron chi connectivity index (χ1n) is 10.5. The summed E-state index contributed by atoms with van der Waals surface area (Å²) >= 11 is 0. The van der Waals surface area contributed by atoms with E-state index in [9.17, 15) is 13.2 Å². The molecule has 172 valence electrons. The van der Waals surface area contributed by atoms with Gasteiger partial charge in [-0.25, -0.2) is 4.39 Å². The van der Waals surface area contributed by atoms with Gasteiger partial charge in [-0.2, -0.15) is 8.78 Å². The molecule has 0 spiro atoms. The molecule has 0 aromatic heterocycles. The van der Waals surface area contributed by atoms with Crippen molar-refractivity contribution in [2.75, 3.05) is 6.54 Å². The van der Waals surface area contributed by atoms with Crippen LogP contribution in [-0.4, -0.2) is 12.7 Å². The zero-order valence-corrected chi connectivity index (χ0v) is 19.2. The van der Waals surface area contributed by atoms with E-state index in [1.54, 1.807) is 0 Å². The molecule has 0 aliphatic carbocycles. The molecule has 0 heterocycles. The number of hydrogen-bond donors (Lipinski definition) is 1. The summed E-state index contributed by atoms with van der Waals surface area (Å²) in [5, 5.41) is 3.27. The fourth-order valence-electron chi connectivity index (χ4n) is 2.25. The molecule has 2 nitrogen and oxygen atoms in total. The summed E-state index contributed by atoms with van der Waals surface area (Å²) in [4.78, 5) is 0. The van der Waals surface area contributed by atoms with Crippen LogP contribution in [0.2, 0.25) is 0 Å². The Hall–Kier alpha value is -2.69. The molecule has 0 fully saturated rings. The van der Waals surface area contributed by atoms with Gasteiger partial charge in [-0.05, 0) is 43.9 Å². The maximum Gasteiger partial charge on any atom is 0.394 e. The number of aryl methyl sites for hydroxylation is 1. The average Bonchev–Trinajstić information content (AvgIpc) is 2.67. The van der Waals surface area contributed by atoms with E-state index in [1.165, 1.54) is 24.1 Å². The van der Waals surface area contributed by atoms with Crippen LogP contribution in [0.4, 0.5) is 13.2 Å². The lowest BCUT2D eigenvalue weighted by atomic mass is 10.1. The lowest BCUT2D eigenvalue weighted by molar-refractivity contribution is -0.159. The van der Waals surface area contributed by atoms with E-state index in [4.69, 9.17) is 0 Å². The zero-order chi connectivity index (χ0) is 23.7. The van der Waals surface area contributed by atoms with Crippen molar-refractivity contribution in [2.45, 2.75) is 59.5 Å². The van der Waals surface area contributed by atoms with E-state index in [0.717, 1.165) is 49.2 Å². The normalized spacial score (nSPS) is 10.0. The second kappa shape index (κ2) is 16.1. The predicted octanol–water partition coefficient (Wildman–Crippen LogP) is 7.92. The summed E-state index contributed by atoms with van der Waals surface area (Å²) in [6, 6.07) is 15.2. The fourth-order valence-corrected chi connectivity index (χ4v) is 2.25. The minimum absolute atomic E-state index is 0.178. The van der Waals surface area contributed by atoms with E-state index < -0.39 is 11.9 Å². The van der Waals surface area contributed by atoms with Crippen LogP contribution in [0.3, 0.4) is 0 Å². The van der Waals surface area contributed by atoms with E-state index >= 15 is 0 Å². The van der Waals surface area contributed by atoms with Crippen molar-refractivity contribution >= 4 is 0 Å². The van der Waals surface area contributed by atoms with Gasteiger partial charge in [-0.3, -0.25) is 0 Å². The van der Waals surface area contributed by atoms with Crippen LogP contribution >= 0.6 is 0 Å². The Morgan fingerprint density at radius 2 is 1.65 bits per heavy atom. The van der Waals surface area contributed by atoms with E-state index in [0.29, 0.717) is 6.92 Å². The minimum atomic E-state index is -3.27. The van der Waals surface area contributed by atoms with Gasteiger partial charge in [0.2, 0.25) is 0 Å². The highest BCUT2D eigenvalue weighted by Crippen LogP contribution is 2.21. The molecular formula is C26H36F3NO. The van der Waals surface area contributed by atoms with Crippen LogP contribution in [0.25, 0.3) is 0 Å². The monoisotopic (exact) mass is 435 g/mol. The van der Waals surface area contributed by atoms with Crippen molar-refractivity contribution in [1.29, 1.82) is 0 Å². The van der Waals surface area contributed by atoms with Crippen molar-refractivity contribution in [2.24, 2.45) is 0 Å². The van der Waals surface area contributed by atoms with Gasteiger partial charge in [0.1, 0.15) is 11.6 Å². The number of benzene rings is 2. The number of nitrogens with one attached hydrogen (secondary N) is 1. The quantitative estimate of drug-likeness (QED) is 0.404. The second-order valence-corrected chi connectivity index (χ2v) is 7.33. The molecule has 31 heavy (non-hydrogen) atoms. The van der Waals surface area contributed by atoms with Crippen molar-refractivity contribution in [3.63, 3.8) is 0 Å². The average molecular weight is 436 g/mol. The molecule has 2 aromatic rings. The first-order valence-corrected chi connectivity index (χ1v) is 10.5. The van der Waals surface area contributed by atoms with Gasteiger partial charge in [0.25, 0.3) is 0 Å². The minimum Gasteiger partial charge on any atom is -0.433 e. The van der Waals surface area contributed by atoms with E-state index in [1.807, 2.05) is 6.92 Å². The first kappa shape index (κ1) is 28.3. The van der Waals surface area contributed by atoms with Crippen LogP contribution in [0.5, 0.6) is 5.75 Å². The van der Waals surface area contributed by atoms with Gasteiger partial charge >= 0.3 is 6.11 Å². The highest BCUT2D eigenvalue weighted by molar-refractivity contribution is 5.22. The van der Waals surface area contributed by atoms with Crippen LogP contribution in [0.1, 0.15) is 52.5 Å². The van der Waals surface area contributed by atoms with Crippen molar-refractivity contribution in [1.82, 2.24) is 5.32 Å². The maximum absolute atomic E-state index is 12.4. The van der Waals surface area contributed by atoms with Crippen molar-refractivity contribution in [3.05, 3.63) is 90.4 Å². The molecular weight excluding hydrogens is 399 g/mol. The van der Waals surface area contributed by atoms with Gasteiger partial charge in [0.05, 0.1) is 0 Å². The van der Waals surface area contributed by atoms with Gasteiger partial charge < -0.3 is 10.1 Å². The maximum atomic E-state index is 12.4. The number of halogens is 3.